The van der Waals surface area contributed by atoms with E-state index >= 15 is 0 Å². The van der Waals surface area contributed by atoms with Crippen LogP contribution in [-0.4, -0.2) is 190 Å². The van der Waals surface area contributed by atoms with Crippen LogP contribution in [0, 0.1) is 0 Å². The molecule has 0 aromatic heterocycles. The molecule has 5 amide bonds. The Morgan fingerprint density at radius 1 is 0.514 bits per heavy atom. The van der Waals surface area contributed by atoms with Crippen LogP contribution in [0.3, 0.4) is 0 Å². The van der Waals surface area contributed by atoms with Gasteiger partial charge in [-0.25, -0.2) is 24.0 Å². The van der Waals surface area contributed by atoms with E-state index in [1.807, 2.05) is 0 Å². The normalized spacial score (nSPS) is 33.7. The quantitative estimate of drug-likeness (QED) is 0.142. The number of hydrogen-bond acceptors (Lipinski definition) is 20. The van der Waals surface area contributed by atoms with E-state index in [0.717, 1.165) is 19.3 Å². The standard InChI is InChI=1S/C49H85N5O20/c1-44(2,3)70-39(59)50-22-26-30(55)31(56)29(54-43(63)74-48(13,14)15)37(65-26)67-34-24(51-40(60)71-45(4,5)6)21-25(52-41(61)72-46(7,8)9)35(33(34)58)68-38-32(57)28(53-42(62)73-47(10,11)12)36-27(66-38)23-64-49(69-36)19-17-16-18-20-49/h24-38,55-58H,16-23H2,1-15H3,(H,50,59)(H,51,60)(H,52,61)(H,53,62)(H,54,63)/t24?,25-,26?,27?,28?,29+,30-,31?,32+,33+,34?,35?,36-,37-,38+/m1/s1. The lowest BCUT2D eigenvalue weighted by Crippen LogP contribution is -2.72. The Kier molecular flexibility index (Phi) is 19.5. The molecule has 3 aliphatic heterocycles. The minimum Gasteiger partial charge on any atom is -0.444 e. The number of aliphatic hydroxyl groups excluding tert-OH is 4. The molecule has 0 aromatic carbocycles. The molecule has 15 atom stereocenters. The zero-order chi connectivity index (χ0) is 55.5. The molecule has 5 fully saturated rings. The number of carbonyl (C=O) groups is 5. The van der Waals surface area contributed by atoms with Crippen LogP contribution in [0.25, 0.3) is 0 Å². The minimum atomic E-state index is -1.98. The van der Waals surface area contributed by atoms with Crippen LogP contribution < -0.4 is 26.6 Å². The number of carbonyl (C=O) groups excluding carboxylic acids is 5. The molecule has 0 bridgehead atoms. The van der Waals surface area contributed by atoms with Crippen molar-refractivity contribution < 1.29 is 96.5 Å². The number of aliphatic hydroxyl groups is 4. The van der Waals surface area contributed by atoms with Crippen molar-refractivity contribution in [2.75, 3.05) is 13.2 Å². The molecule has 2 aliphatic carbocycles. The number of nitrogens with one attached hydrogen (secondary N) is 5. The largest absolute Gasteiger partial charge is 0.444 e. The van der Waals surface area contributed by atoms with Crippen LogP contribution in [0.2, 0.25) is 0 Å². The minimum absolute atomic E-state index is 0.0483. The molecule has 9 N–H and O–H groups in total. The van der Waals surface area contributed by atoms with Crippen molar-refractivity contribution in [1.29, 1.82) is 0 Å². The first kappa shape index (κ1) is 60.8. The van der Waals surface area contributed by atoms with Crippen molar-refractivity contribution in [3.8, 4) is 0 Å². The van der Waals surface area contributed by atoms with Gasteiger partial charge in [0.05, 0.1) is 24.7 Å². The molecule has 25 heteroatoms. The zero-order valence-corrected chi connectivity index (χ0v) is 45.6. The van der Waals surface area contributed by atoms with Crippen molar-refractivity contribution in [2.24, 2.45) is 0 Å². The Labute approximate surface area is 433 Å². The van der Waals surface area contributed by atoms with Crippen LogP contribution in [0.15, 0.2) is 0 Å². The van der Waals surface area contributed by atoms with E-state index in [1.54, 1.807) is 104 Å². The zero-order valence-electron chi connectivity index (χ0n) is 45.6. The average Bonchev–Trinajstić information content (AvgIpc) is 3.21. The van der Waals surface area contributed by atoms with E-state index in [-0.39, 0.29) is 13.0 Å². The van der Waals surface area contributed by atoms with Crippen molar-refractivity contribution >= 4 is 30.5 Å². The Morgan fingerprint density at radius 2 is 0.946 bits per heavy atom. The lowest BCUT2D eigenvalue weighted by atomic mass is 9.83. The summed E-state index contributed by atoms with van der Waals surface area (Å²) in [5, 5.41) is 61.3. The highest BCUT2D eigenvalue weighted by molar-refractivity contribution is 5.70. The number of ether oxygens (including phenoxy) is 11. The van der Waals surface area contributed by atoms with Crippen molar-refractivity contribution in [3.05, 3.63) is 0 Å². The lowest BCUT2D eigenvalue weighted by molar-refractivity contribution is -0.389. The average molecular weight is 1060 g/mol. The summed E-state index contributed by atoms with van der Waals surface area (Å²) in [6.45, 7) is 24.0. The van der Waals surface area contributed by atoms with Gasteiger partial charge in [0.15, 0.2) is 18.4 Å². The second kappa shape index (κ2) is 23.7. The third-order valence-electron chi connectivity index (χ3n) is 12.0. The second-order valence-corrected chi connectivity index (χ2v) is 24.6. The Hall–Kier alpha value is -4.05. The third-order valence-corrected chi connectivity index (χ3v) is 12.0. The molecule has 5 aliphatic rings. The predicted octanol–water partition coefficient (Wildman–Crippen LogP) is 3.23. The summed E-state index contributed by atoms with van der Waals surface area (Å²) in [6, 6.07) is -5.57. The summed E-state index contributed by atoms with van der Waals surface area (Å²) >= 11 is 0. The highest BCUT2D eigenvalue weighted by Gasteiger charge is 2.58. The number of amides is 5. The van der Waals surface area contributed by atoms with Gasteiger partial charge in [-0.1, -0.05) is 6.42 Å². The van der Waals surface area contributed by atoms with Gasteiger partial charge in [-0.15, -0.1) is 0 Å². The van der Waals surface area contributed by atoms with Crippen molar-refractivity contribution in [2.45, 2.75) is 268 Å². The van der Waals surface area contributed by atoms with E-state index < -0.39 is 162 Å². The summed E-state index contributed by atoms with van der Waals surface area (Å²) in [4.78, 5) is 66.9. The van der Waals surface area contributed by atoms with Gasteiger partial charge in [-0.05, 0) is 123 Å². The predicted molar refractivity (Wildman–Crippen MR) is 259 cm³/mol. The monoisotopic (exact) mass is 1060 g/mol. The molecule has 0 radical (unpaired) electrons. The smallest absolute Gasteiger partial charge is 0.408 e. The number of alkyl carbamates (subject to hydrolysis) is 5. The van der Waals surface area contributed by atoms with Crippen molar-refractivity contribution in [1.82, 2.24) is 26.6 Å². The summed E-state index contributed by atoms with van der Waals surface area (Å²) in [5.74, 6) is -1.00. The topological polar surface area (TPSA) is 328 Å². The molecular weight excluding hydrogens is 979 g/mol. The summed E-state index contributed by atoms with van der Waals surface area (Å²) < 4.78 is 66.2. The van der Waals surface area contributed by atoms with E-state index in [0.29, 0.717) is 12.8 Å². The van der Waals surface area contributed by atoms with Crippen LogP contribution in [0.5, 0.6) is 0 Å². The second-order valence-electron chi connectivity index (χ2n) is 24.6. The molecule has 74 heavy (non-hydrogen) atoms. The SMILES string of the molecule is CC(C)(C)OC(=O)NCC1O[C@H](OC2C(NC(=O)OC(C)(C)C)C[C@@H](NC(=O)OC(C)(C)C)C(O[C@@H]3OC4COC5(CCCCC5)O[C@H]4C(NC(=O)OC(C)(C)C)[C@@H]3O)[C@H]2O)[C@@H](NC(=O)OC(C)(C)C)C(O)[C@@H]1O. The first-order valence-corrected chi connectivity index (χ1v) is 25.5. The van der Waals surface area contributed by atoms with E-state index in [2.05, 4.69) is 26.6 Å². The Bertz CT molecular complexity index is 1920. The lowest BCUT2D eigenvalue weighted by Gasteiger charge is -2.54. The Balaban J connectivity index is 1.56. The molecule has 426 valence electrons. The molecule has 25 nitrogen and oxygen atoms in total. The number of rotatable bonds is 10. The molecular formula is C49H85N5O20. The fourth-order valence-electron chi connectivity index (χ4n) is 9.18. The van der Waals surface area contributed by atoms with Gasteiger partial charge in [-0.3, -0.25) is 0 Å². The molecule has 1 spiro atoms. The van der Waals surface area contributed by atoms with Gasteiger partial charge in [0.25, 0.3) is 0 Å². The van der Waals surface area contributed by atoms with Gasteiger partial charge < -0.3 is 99.1 Å². The van der Waals surface area contributed by atoms with Crippen LogP contribution in [-0.2, 0) is 52.1 Å². The molecule has 0 aromatic rings. The number of hydrogen-bond donors (Lipinski definition) is 9. The van der Waals surface area contributed by atoms with Gasteiger partial charge in [-0.2, -0.15) is 0 Å². The molecule has 3 heterocycles. The number of fused-ring (bicyclic) bond motifs is 1. The first-order chi connectivity index (χ1) is 33.9. The maximum atomic E-state index is 13.7. The summed E-state index contributed by atoms with van der Waals surface area (Å²) in [5.41, 5.74) is -4.93. The van der Waals surface area contributed by atoms with E-state index in [9.17, 15) is 44.4 Å². The fourth-order valence-corrected chi connectivity index (χ4v) is 9.18. The maximum Gasteiger partial charge on any atom is 0.408 e. The van der Waals surface area contributed by atoms with E-state index in [4.69, 9.17) is 52.1 Å². The van der Waals surface area contributed by atoms with Crippen LogP contribution in [0.1, 0.15) is 142 Å². The van der Waals surface area contributed by atoms with Gasteiger partial charge in [0.2, 0.25) is 0 Å². The highest BCUT2D eigenvalue weighted by atomic mass is 16.8. The maximum absolute atomic E-state index is 13.7. The fraction of sp³-hybridized carbons (Fsp3) is 0.898. The van der Waals surface area contributed by atoms with Gasteiger partial charge >= 0.3 is 30.5 Å². The van der Waals surface area contributed by atoms with Gasteiger partial charge in [0.1, 0.15) is 89.0 Å². The highest BCUT2D eigenvalue weighted by Crippen LogP contribution is 2.42. The molecule has 3 saturated heterocycles. The summed E-state index contributed by atoms with van der Waals surface area (Å²) in [7, 11) is 0. The van der Waals surface area contributed by atoms with Gasteiger partial charge in [0, 0.05) is 19.4 Å². The van der Waals surface area contributed by atoms with Crippen LogP contribution in [0.4, 0.5) is 24.0 Å². The van der Waals surface area contributed by atoms with E-state index in [1.165, 1.54) is 0 Å². The molecule has 7 unspecified atom stereocenters. The summed E-state index contributed by atoms with van der Waals surface area (Å²) in [6.07, 6.45) is -19.1. The molecule has 2 saturated carbocycles. The first-order valence-electron chi connectivity index (χ1n) is 25.5. The third kappa shape index (κ3) is 17.8. The van der Waals surface area contributed by atoms with Crippen LogP contribution >= 0.6 is 0 Å². The Morgan fingerprint density at radius 3 is 1.42 bits per heavy atom. The van der Waals surface area contributed by atoms with Crippen molar-refractivity contribution in [3.63, 3.8) is 0 Å². The molecule has 5 rings (SSSR count).